The second-order valence-electron chi connectivity index (χ2n) is 6.98. The monoisotopic (exact) mass is 382 g/mol. The third kappa shape index (κ3) is 6.12. The number of nitrogens with zero attached hydrogens (tertiary/aromatic N) is 1. The van der Waals surface area contributed by atoms with Gasteiger partial charge in [-0.05, 0) is 62.1 Å². The molecule has 0 fully saturated rings. The molecular weight excluding hydrogens is 352 g/mol. The van der Waals surface area contributed by atoms with Crippen LogP contribution in [0.5, 0.6) is 5.75 Å². The summed E-state index contributed by atoms with van der Waals surface area (Å²) in [6.07, 6.45) is 1.83. The summed E-state index contributed by atoms with van der Waals surface area (Å²) in [6, 6.07) is 12.9. The molecule has 5 heteroatoms. The van der Waals surface area contributed by atoms with Crippen molar-refractivity contribution in [3.8, 4) is 5.75 Å². The lowest BCUT2D eigenvalue weighted by Gasteiger charge is -2.21. The zero-order chi connectivity index (χ0) is 20.5. The molecule has 0 radical (unpaired) electrons. The molecule has 0 aromatic heterocycles. The minimum absolute atomic E-state index is 0.00793. The van der Waals surface area contributed by atoms with Crippen LogP contribution < -0.4 is 10.1 Å². The van der Waals surface area contributed by atoms with Gasteiger partial charge in [-0.15, -0.1) is 0 Å². The molecule has 0 spiro atoms. The molecule has 0 unspecified atom stereocenters. The van der Waals surface area contributed by atoms with Gasteiger partial charge < -0.3 is 15.0 Å². The first-order valence-corrected chi connectivity index (χ1v) is 9.83. The maximum atomic E-state index is 12.7. The van der Waals surface area contributed by atoms with Gasteiger partial charge in [0.1, 0.15) is 5.75 Å². The fraction of sp³-hybridized carbons (Fsp3) is 0.391. The van der Waals surface area contributed by atoms with Gasteiger partial charge >= 0.3 is 0 Å². The second kappa shape index (κ2) is 10.5. The topological polar surface area (TPSA) is 58.6 Å². The third-order valence-electron chi connectivity index (χ3n) is 4.37. The number of benzene rings is 2. The Balaban J connectivity index is 2.00. The molecular formula is C23H30N2O3. The van der Waals surface area contributed by atoms with Crippen LogP contribution in [0, 0.1) is 13.8 Å². The number of ether oxygens (including phenoxy) is 1. The minimum Gasteiger partial charge on any atom is -0.483 e. The highest BCUT2D eigenvalue weighted by Gasteiger charge is 2.15. The molecule has 0 aliphatic heterocycles. The summed E-state index contributed by atoms with van der Waals surface area (Å²) >= 11 is 0. The SMILES string of the molecule is CCCN(CCC)C(=O)c1cccc(NC(=O)COc2cc(C)ccc2C)c1. The number of anilines is 1. The highest BCUT2D eigenvalue weighted by Crippen LogP contribution is 2.19. The van der Waals surface area contributed by atoms with Gasteiger partial charge in [-0.2, -0.15) is 0 Å². The maximum Gasteiger partial charge on any atom is 0.262 e. The molecule has 28 heavy (non-hydrogen) atoms. The van der Waals surface area contributed by atoms with E-state index < -0.39 is 0 Å². The number of carbonyl (C=O) groups is 2. The highest BCUT2D eigenvalue weighted by molar-refractivity contribution is 5.97. The Bertz CT molecular complexity index is 811. The Kier molecular flexibility index (Phi) is 8.05. The summed E-state index contributed by atoms with van der Waals surface area (Å²) in [5.41, 5.74) is 3.23. The minimum atomic E-state index is -0.260. The van der Waals surface area contributed by atoms with E-state index in [1.54, 1.807) is 24.3 Å². The van der Waals surface area contributed by atoms with E-state index in [1.165, 1.54) is 0 Å². The predicted molar refractivity (Wildman–Crippen MR) is 113 cm³/mol. The number of nitrogens with one attached hydrogen (secondary N) is 1. The van der Waals surface area contributed by atoms with Crippen molar-refractivity contribution >= 4 is 17.5 Å². The quantitative estimate of drug-likeness (QED) is 0.690. The van der Waals surface area contributed by atoms with Gasteiger partial charge in [0.25, 0.3) is 11.8 Å². The lowest BCUT2D eigenvalue weighted by atomic mass is 10.1. The van der Waals surface area contributed by atoms with Crippen molar-refractivity contribution in [2.75, 3.05) is 25.0 Å². The smallest absolute Gasteiger partial charge is 0.262 e. The van der Waals surface area contributed by atoms with Crippen molar-refractivity contribution in [1.29, 1.82) is 0 Å². The fourth-order valence-electron chi connectivity index (χ4n) is 2.97. The van der Waals surface area contributed by atoms with E-state index in [-0.39, 0.29) is 18.4 Å². The average molecular weight is 383 g/mol. The van der Waals surface area contributed by atoms with Crippen molar-refractivity contribution in [2.24, 2.45) is 0 Å². The van der Waals surface area contributed by atoms with E-state index in [2.05, 4.69) is 19.2 Å². The molecule has 0 saturated heterocycles. The van der Waals surface area contributed by atoms with Crippen LogP contribution in [0.1, 0.15) is 48.2 Å². The Morgan fingerprint density at radius 1 is 1.00 bits per heavy atom. The number of hydrogen-bond donors (Lipinski definition) is 1. The number of carbonyl (C=O) groups excluding carboxylic acids is 2. The van der Waals surface area contributed by atoms with E-state index in [0.29, 0.717) is 17.0 Å². The Labute approximate surface area is 167 Å². The first-order valence-electron chi connectivity index (χ1n) is 9.83. The maximum absolute atomic E-state index is 12.7. The van der Waals surface area contributed by atoms with Gasteiger partial charge in [-0.1, -0.05) is 32.0 Å². The van der Waals surface area contributed by atoms with Crippen LogP contribution >= 0.6 is 0 Å². The van der Waals surface area contributed by atoms with Gasteiger partial charge in [-0.3, -0.25) is 9.59 Å². The van der Waals surface area contributed by atoms with Crippen molar-refractivity contribution < 1.29 is 14.3 Å². The number of hydrogen-bond acceptors (Lipinski definition) is 3. The molecule has 2 aromatic rings. The van der Waals surface area contributed by atoms with Crippen molar-refractivity contribution in [3.05, 3.63) is 59.2 Å². The Morgan fingerprint density at radius 2 is 1.71 bits per heavy atom. The molecule has 5 nitrogen and oxygen atoms in total. The molecule has 0 bridgehead atoms. The van der Waals surface area contributed by atoms with E-state index >= 15 is 0 Å². The predicted octanol–water partition coefficient (Wildman–Crippen LogP) is 4.58. The van der Waals surface area contributed by atoms with Crippen molar-refractivity contribution in [2.45, 2.75) is 40.5 Å². The largest absolute Gasteiger partial charge is 0.483 e. The fourth-order valence-corrected chi connectivity index (χ4v) is 2.97. The van der Waals surface area contributed by atoms with E-state index in [9.17, 15) is 9.59 Å². The first-order chi connectivity index (χ1) is 13.4. The van der Waals surface area contributed by atoms with Crippen molar-refractivity contribution in [1.82, 2.24) is 4.90 Å². The molecule has 0 saturated carbocycles. The number of aryl methyl sites for hydroxylation is 2. The van der Waals surface area contributed by atoms with Crippen LogP contribution in [0.3, 0.4) is 0 Å². The van der Waals surface area contributed by atoms with Crippen LogP contribution in [0.2, 0.25) is 0 Å². The molecule has 150 valence electrons. The summed E-state index contributed by atoms with van der Waals surface area (Å²) in [4.78, 5) is 26.9. The molecule has 0 heterocycles. The summed E-state index contributed by atoms with van der Waals surface area (Å²) in [7, 11) is 0. The van der Waals surface area contributed by atoms with Gasteiger partial charge in [0, 0.05) is 24.3 Å². The summed E-state index contributed by atoms with van der Waals surface area (Å²) < 4.78 is 5.64. The van der Waals surface area contributed by atoms with Crippen LogP contribution in [0.15, 0.2) is 42.5 Å². The summed E-state index contributed by atoms with van der Waals surface area (Å²) in [5, 5.41) is 2.81. The van der Waals surface area contributed by atoms with Gasteiger partial charge in [-0.25, -0.2) is 0 Å². The highest BCUT2D eigenvalue weighted by atomic mass is 16.5. The van der Waals surface area contributed by atoms with Gasteiger partial charge in [0.2, 0.25) is 0 Å². The zero-order valence-corrected chi connectivity index (χ0v) is 17.2. The lowest BCUT2D eigenvalue weighted by molar-refractivity contribution is -0.118. The van der Waals surface area contributed by atoms with Gasteiger partial charge in [0.15, 0.2) is 6.61 Å². The van der Waals surface area contributed by atoms with E-state index in [1.807, 2.05) is 36.9 Å². The Hall–Kier alpha value is -2.82. The third-order valence-corrected chi connectivity index (χ3v) is 4.37. The van der Waals surface area contributed by atoms with E-state index in [0.717, 1.165) is 37.1 Å². The van der Waals surface area contributed by atoms with Crippen LogP contribution in [-0.4, -0.2) is 36.4 Å². The van der Waals surface area contributed by atoms with E-state index in [4.69, 9.17) is 4.74 Å². The molecule has 1 N–H and O–H groups in total. The standard InChI is InChI=1S/C23H30N2O3/c1-5-12-25(13-6-2)23(27)19-8-7-9-20(15-19)24-22(26)16-28-21-14-17(3)10-11-18(21)4/h7-11,14-15H,5-6,12-13,16H2,1-4H3,(H,24,26). The number of rotatable bonds is 9. The van der Waals surface area contributed by atoms with Gasteiger partial charge in [0.05, 0.1) is 0 Å². The molecule has 0 aliphatic carbocycles. The first kappa shape index (κ1) is 21.5. The Morgan fingerprint density at radius 3 is 2.39 bits per heavy atom. The number of amides is 2. The second-order valence-corrected chi connectivity index (χ2v) is 6.98. The molecule has 2 amide bonds. The average Bonchev–Trinajstić information content (AvgIpc) is 2.68. The normalized spacial score (nSPS) is 10.4. The summed E-state index contributed by atoms with van der Waals surface area (Å²) in [5.74, 6) is 0.435. The lowest BCUT2D eigenvalue weighted by Crippen LogP contribution is -2.32. The van der Waals surface area contributed by atoms with Crippen molar-refractivity contribution in [3.63, 3.8) is 0 Å². The summed E-state index contributed by atoms with van der Waals surface area (Å²) in [6.45, 7) is 9.42. The molecule has 2 aromatic carbocycles. The molecule has 0 aliphatic rings. The van der Waals surface area contributed by atoms with Crippen LogP contribution in [-0.2, 0) is 4.79 Å². The zero-order valence-electron chi connectivity index (χ0n) is 17.2. The van der Waals surface area contributed by atoms with Crippen LogP contribution in [0.4, 0.5) is 5.69 Å². The van der Waals surface area contributed by atoms with Crippen LogP contribution in [0.25, 0.3) is 0 Å². The molecule has 2 rings (SSSR count). The molecule has 0 atom stereocenters.